The fourth-order valence-corrected chi connectivity index (χ4v) is 5.37. The molecule has 1 aliphatic heterocycles. The van der Waals surface area contributed by atoms with E-state index in [2.05, 4.69) is 29.6 Å². The van der Waals surface area contributed by atoms with Crippen molar-refractivity contribution in [2.24, 2.45) is 5.73 Å². The molecule has 0 bridgehead atoms. The van der Waals surface area contributed by atoms with Gasteiger partial charge in [0.2, 0.25) is 11.7 Å². The highest BCUT2D eigenvalue weighted by atomic mass is 35.5. The van der Waals surface area contributed by atoms with Gasteiger partial charge in [-0.3, -0.25) is 9.52 Å². The molecule has 1 aliphatic rings. The van der Waals surface area contributed by atoms with Crippen molar-refractivity contribution in [3.8, 4) is 11.1 Å². The van der Waals surface area contributed by atoms with Crippen molar-refractivity contribution in [3.63, 3.8) is 0 Å². The molecule has 41 heavy (non-hydrogen) atoms. The van der Waals surface area contributed by atoms with Gasteiger partial charge in [-0.25, -0.2) is 23.7 Å². The van der Waals surface area contributed by atoms with Crippen molar-refractivity contribution in [1.82, 2.24) is 24.2 Å². The average molecular weight is 607 g/mol. The third kappa shape index (κ3) is 6.00. The lowest BCUT2D eigenvalue weighted by Crippen LogP contribution is -2.40. The van der Waals surface area contributed by atoms with E-state index in [0.29, 0.717) is 28.1 Å². The molecule has 218 valence electrons. The minimum absolute atomic E-state index is 0. The summed E-state index contributed by atoms with van der Waals surface area (Å²) in [6.45, 7) is 3.26. The minimum Gasteiger partial charge on any atom is -0.345 e. The predicted molar refractivity (Wildman–Crippen MR) is 154 cm³/mol. The van der Waals surface area contributed by atoms with Crippen LogP contribution in [0.2, 0.25) is 0 Å². The Morgan fingerprint density at radius 1 is 1.15 bits per heavy atom. The lowest BCUT2D eigenvalue weighted by atomic mass is 10.0. The van der Waals surface area contributed by atoms with Crippen LogP contribution < -0.4 is 15.4 Å². The largest absolute Gasteiger partial charge is 0.345 e. The van der Waals surface area contributed by atoms with Gasteiger partial charge in [0.15, 0.2) is 5.82 Å². The normalized spacial score (nSPS) is 14.3. The Bertz CT molecular complexity index is 1680. The zero-order valence-corrected chi connectivity index (χ0v) is 23.9. The number of pyridine rings is 1. The van der Waals surface area contributed by atoms with E-state index < -0.39 is 38.9 Å². The molecule has 0 unspecified atom stereocenters. The van der Waals surface area contributed by atoms with Crippen molar-refractivity contribution in [3.05, 3.63) is 65.7 Å². The topological polar surface area (TPSA) is 150 Å². The second kappa shape index (κ2) is 12.0. The van der Waals surface area contributed by atoms with Gasteiger partial charge in [0.25, 0.3) is 0 Å². The number of halogens is 3. The molecule has 0 amide bonds. The number of anilines is 2. The molecule has 4 heterocycles. The molecule has 1 aromatic carbocycles. The van der Waals surface area contributed by atoms with E-state index in [1.807, 2.05) is 0 Å². The summed E-state index contributed by atoms with van der Waals surface area (Å²) in [5.41, 5.74) is 6.07. The van der Waals surface area contributed by atoms with Crippen LogP contribution in [0, 0.1) is 11.6 Å². The number of carbonyl (C=O) groups excluding carboxylic acids is 1. The number of fused-ring (bicyclic) bond motifs is 1. The van der Waals surface area contributed by atoms with Crippen molar-refractivity contribution >= 4 is 51.1 Å². The van der Waals surface area contributed by atoms with Gasteiger partial charge in [-0.1, -0.05) is 6.92 Å². The Morgan fingerprint density at radius 2 is 1.80 bits per heavy atom. The van der Waals surface area contributed by atoms with Gasteiger partial charge < -0.3 is 15.6 Å². The number of ketones is 1. The van der Waals surface area contributed by atoms with Crippen molar-refractivity contribution in [2.45, 2.75) is 25.8 Å². The van der Waals surface area contributed by atoms with Crippen LogP contribution in [-0.4, -0.2) is 71.2 Å². The predicted octanol–water partition coefficient (Wildman–Crippen LogP) is 3.49. The van der Waals surface area contributed by atoms with Gasteiger partial charge in [0, 0.05) is 79.6 Å². The molecule has 3 aromatic heterocycles. The van der Waals surface area contributed by atoms with E-state index in [-0.39, 0.29) is 30.6 Å². The first-order valence-corrected chi connectivity index (χ1v) is 14.1. The van der Waals surface area contributed by atoms with Gasteiger partial charge in [-0.05, 0) is 31.0 Å². The van der Waals surface area contributed by atoms with Crippen LogP contribution in [0.25, 0.3) is 22.2 Å². The van der Waals surface area contributed by atoms with Crippen LogP contribution in [0.5, 0.6) is 0 Å². The summed E-state index contributed by atoms with van der Waals surface area (Å²) in [6.07, 6.45) is 7.91. The third-order valence-electron chi connectivity index (χ3n) is 6.98. The Labute approximate surface area is 241 Å². The summed E-state index contributed by atoms with van der Waals surface area (Å²) in [6, 6.07) is 3.61. The number of H-pyrrole nitrogens is 1. The maximum absolute atomic E-state index is 15.4. The van der Waals surface area contributed by atoms with Crippen LogP contribution >= 0.6 is 12.4 Å². The fraction of sp³-hybridized carbons (Fsp3) is 0.308. The summed E-state index contributed by atoms with van der Waals surface area (Å²) < 4.78 is 57.9. The molecule has 15 heteroatoms. The monoisotopic (exact) mass is 606 g/mol. The summed E-state index contributed by atoms with van der Waals surface area (Å²) in [7, 11) is -2.81. The number of nitrogens with one attached hydrogen (secondary N) is 2. The molecule has 0 atom stereocenters. The summed E-state index contributed by atoms with van der Waals surface area (Å²) >= 11 is 0. The molecule has 0 spiro atoms. The van der Waals surface area contributed by atoms with E-state index in [1.165, 1.54) is 13.2 Å². The lowest BCUT2D eigenvalue weighted by molar-refractivity contribution is 0.103. The maximum atomic E-state index is 15.4. The van der Waals surface area contributed by atoms with E-state index in [9.17, 15) is 17.6 Å². The number of hydrogen-bond acceptors (Lipinski definition) is 8. The number of benzene rings is 1. The number of hydrogen-bond donors (Lipinski definition) is 3. The zero-order valence-electron chi connectivity index (χ0n) is 22.3. The van der Waals surface area contributed by atoms with Gasteiger partial charge in [-0.15, -0.1) is 12.4 Å². The number of carbonyl (C=O) groups is 1. The van der Waals surface area contributed by atoms with Gasteiger partial charge in [-0.2, -0.15) is 12.7 Å². The smallest absolute Gasteiger partial charge is 0.301 e. The van der Waals surface area contributed by atoms with E-state index in [0.717, 1.165) is 42.4 Å². The Kier molecular flexibility index (Phi) is 8.87. The Morgan fingerprint density at radius 3 is 2.46 bits per heavy atom. The molecule has 0 radical (unpaired) electrons. The van der Waals surface area contributed by atoms with E-state index >= 15 is 4.39 Å². The number of nitrogens with two attached hydrogens (primary N) is 1. The minimum atomic E-state index is -4.11. The maximum Gasteiger partial charge on any atom is 0.301 e. The first kappa shape index (κ1) is 30.2. The van der Waals surface area contributed by atoms with Crippen LogP contribution in [0.15, 0.2) is 43.0 Å². The molecule has 0 saturated carbocycles. The highest BCUT2D eigenvalue weighted by Crippen LogP contribution is 2.30. The Balaban J connectivity index is 0.00000387. The number of nitrogens with zero attached hydrogens (tertiary/aromatic N) is 5. The zero-order chi connectivity index (χ0) is 28.6. The summed E-state index contributed by atoms with van der Waals surface area (Å²) in [5, 5.41) is 0.326. The Hall–Kier alpha value is -3.72. The fourth-order valence-electron chi connectivity index (χ4n) is 4.44. The first-order valence-electron chi connectivity index (χ1n) is 12.7. The molecule has 4 N–H and O–H groups in total. The van der Waals surface area contributed by atoms with Crippen LogP contribution in [0.4, 0.5) is 20.4 Å². The molecule has 0 aliphatic carbocycles. The van der Waals surface area contributed by atoms with E-state index in [1.54, 1.807) is 31.6 Å². The molecular formula is C26H29ClF2N8O3S. The van der Waals surface area contributed by atoms with Gasteiger partial charge in [0.1, 0.15) is 11.5 Å². The van der Waals surface area contributed by atoms with Crippen LogP contribution in [-0.2, 0) is 10.2 Å². The van der Waals surface area contributed by atoms with Crippen LogP contribution in [0.3, 0.4) is 0 Å². The SMILES string of the molecule is CCN(C)S(=O)(=O)Nc1ccc(F)c(C(=O)c2c[nH]c3ncc(-c4cnc(N5CCC(N)CC5)nc4)cc23)c1F.Cl. The van der Waals surface area contributed by atoms with Crippen LogP contribution in [0.1, 0.15) is 35.7 Å². The van der Waals surface area contributed by atoms with Crippen molar-refractivity contribution in [2.75, 3.05) is 36.3 Å². The van der Waals surface area contributed by atoms with Gasteiger partial charge in [0.05, 0.1) is 11.3 Å². The molecule has 5 rings (SSSR count). The van der Waals surface area contributed by atoms with Gasteiger partial charge >= 0.3 is 10.2 Å². The average Bonchev–Trinajstić information content (AvgIpc) is 3.38. The molecule has 4 aromatic rings. The molecule has 1 fully saturated rings. The summed E-state index contributed by atoms with van der Waals surface area (Å²) in [5.74, 6) is -2.83. The number of aromatic nitrogens is 4. The highest BCUT2D eigenvalue weighted by molar-refractivity contribution is 7.90. The summed E-state index contributed by atoms with van der Waals surface area (Å²) in [4.78, 5) is 31.6. The molecule has 1 saturated heterocycles. The third-order valence-corrected chi connectivity index (χ3v) is 8.54. The number of piperidine rings is 1. The second-order valence-electron chi connectivity index (χ2n) is 9.55. The standard InChI is InChI=1S/C26H28F2N8O3S.ClH/c1-3-35(2)40(38,39)34-21-5-4-20(27)22(23(21)28)24(37)19-14-31-25-18(19)10-15(11-30-25)16-12-32-26(33-13-16)36-8-6-17(29)7-9-36;/h4-5,10-14,17,34H,3,6-9,29H2,1-2H3,(H,30,31);1H. The number of aromatic amines is 1. The second-order valence-corrected chi connectivity index (χ2v) is 11.3. The highest BCUT2D eigenvalue weighted by Gasteiger charge is 2.27. The lowest BCUT2D eigenvalue weighted by Gasteiger charge is -2.30. The first-order chi connectivity index (χ1) is 19.1. The van der Waals surface area contributed by atoms with Crippen molar-refractivity contribution < 1.29 is 22.0 Å². The molecule has 11 nitrogen and oxygen atoms in total. The quantitative estimate of drug-likeness (QED) is 0.258. The van der Waals surface area contributed by atoms with E-state index in [4.69, 9.17) is 5.73 Å². The van der Waals surface area contributed by atoms with Crippen molar-refractivity contribution in [1.29, 1.82) is 0 Å². The number of rotatable bonds is 8. The molecular weight excluding hydrogens is 578 g/mol.